The van der Waals surface area contributed by atoms with Gasteiger partial charge in [0, 0.05) is 48.3 Å². The van der Waals surface area contributed by atoms with Crippen LogP contribution in [0.2, 0.25) is 0 Å². The van der Waals surface area contributed by atoms with Crippen molar-refractivity contribution in [2.45, 2.75) is 135 Å². The number of fused-ring (bicyclic) bond motifs is 2. The fourth-order valence-electron chi connectivity index (χ4n) is 9.23. The second-order valence-electron chi connectivity index (χ2n) is 18.2. The Labute approximate surface area is 418 Å². The maximum absolute atomic E-state index is 13.7. The molecule has 0 amide bonds. The molecular weight excluding hydrogens is 989 g/mol. The van der Waals surface area contributed by atoms with Gasteiger partial charge < -0.3 is 50.7 Å². The van der Waals surface area contributed by atoms with Gasteiger partial charge in [0.1, 0.15) is 24.4 Å². The average Bonchev–Trinajstić information content (AvgIpc) is 4.14. The van der Waals surface area contributed by atoms with Crippen LogP contribution in [0, 0.1) is 23.3 Å². The maximum Gasteiger partial charge on any atom is 0.191 e. The van der Waals surface area contributed by atoms with Crippen molar-refractivity contribution in [3.63, 3.8) is 0 Å². The third kappa shape index (κ3) is 11.1. The largest absolute Gasteiger partial charge is 0.394 e. The summed E-state index contributed by atoms with van der Waals surface area (Å²) >= 11 is 2.96. The number of hydrogen-bond donors (Lipinski definition) is 8. The Kier molecular flexibility index (Phi) is 16.4. The minimum Gasteiger partial charge on any atom is -0.394 e. The summed E-state index contributed by atoms with van der Waals surface area (Å²) in [6, 6.07) is 6.53. The predicted molar refractivity (Wildman–Crippen MR) is 256 cm³/mol. The van der Waals surface area contributed by atoms with Gasteiger partial charge in [0.05, 0.1) is 50.7 Å². The Balaban J connectivity index is 0.000000178. The molecule has 4 aliphatic carbocycles. The molecule has 4 unspecified atom stereocenters. The number of aromatic nitrogens is 10. The molecule has 0 bridgehead atoms. The number of benzene rings is 2. The lowest BCUT2D eigenvalue weighted by molar-refractivity contribution is -0.0629. The summed E-state index contributed by atoms with van der Waals surface area (Å²) in [7, 11) is 0. The number of aliphatic hydroxyl groups is 6. The highest BCUT2D eigenvalue weighted by molar-refractivity contribution is 7.99. The summed E-state index contributed by atoms with van der Waals surface area (Å²) in [5.41, 5.74) is 3.06. The Morgan fingerprint density at radius 2 is 1.00 bits per heavy atom. The molecule has 4 heterocycles. The number of nitrogens with one attached hydrogen (secondary N) is 2. The van der Waals surface area contributed by atoms with Gasteiger partial charge in [-0.05, 0) is 61.1 Å². The second kappa shape index (κ2) is 22.7. The van der Waals surface area contributed by atoms with E-state index >= 15 is 0 Å². The standard InChI is InChI=1S/2C23H28F2N6O4S/c2*1-2-7-36-23-27-21(26-15-9-12(15)11-3-4-13(24)14(25)8-11)18-22(28-23)31(30-29-18)16-10-17(35-6-5-32)20(34)19(16)33/h2*3-4,8,12,15-17,19-20,32-34H,2,5-7,9-10H2,1H3,(H,26,27,28)/t12-,15-,16?,17?,19?,20?;12-,15-,16+,17-,19-,20+/m01/s1. The highest BCUT2D eigenvalue weighted by atomic mass is 32.2. The molecule has 4 aliphatic rings. The van der Waals surface area contributed by atoms with Gasteiger partial charge in [-0.25, -0.2) is 46.9 Å². The minimum atomic E-state index is -1.15. The van der Waals surface area contributed by atoms with Gasteiger partial charge >= 0.3 is 0 Å². The summed E-state index contributed by atoms with van der Waals surface area (Å²) < 4.78 is 68.0. The highest BCUT2D eigenvalue weighted by Gasteiger charge is 2.47. The van der Waals surface area contributed by atoms with Gasteiger partial charge in [0.15, 0.2) is 67.5 Å². The van der Waals surface area contributed by atoms with Gasteiger partial charge in [-0.1, -0.05) is 59.9 Å². The Bertz CT molecular complexity index is 2650. The van der Waals surface area contributed by atoms with Crippen LogP contribution in [0.5, 0.6) is 0 Å². The molecule has 12 atom stereocenters. The molecule has 26 heteroatoms. The van der Waals surface area contributed by atoms with Crippen molar-refractivity contribution >= 4 is 57.5 Å². The number of ether oxygens (including phenoxy) is 2. The predicted octanol–water partition coefficient (Wildman–Crippen LogP) is 4.03. The molecule has 8 N–H and O–H groups in total. The monoisotopic (exact) mass is 1040 g/mol. The fourth-order valence-corrected chi connectivity index (χ4v) is 10.6. The quantitative estimate of drug-likeness (QED) is 0.0305. The van der Waals surface area contributed by atoms with Crippen LogP contribution in [0.3, 0.4) is 0 Å². The second-order valence-corrected chi connectivity index (χ2v) is 20.3. The SMILES string of the molecule is CCCSc1nc(N[C@@H]2C[C@@H]2c2ccc(F)c(F)c2)c2nnn([C@H]3C[C@@H](OCCO)[C@H](O)[C@@H]3O)c2n1.CCCSc1nc(N[C@H]2C[C@H]2c2ccc(F)c(F)c2)c2nnn(C3CC(OCCO)C(O)C3O)c2n1. The number of thioether (sulfide) groups is 2. The van der Waals surface area contributed by atoms with E-state index in [1.165, 1.54) is 45.0 Å². The van der Waals surface area contributed by atoms with Crippen molar-refractivity contribution in [2.75, 3.05) is 48.6 Å². The van der Waals surface area contributed by atoms with E-state index in [1.807, 2.05) is 0 Å². The van der Waals surface area contributed by atoms with E-state index < -0.39 is 72.0 Å². The Morgan fingerprint density at radius 3 is 1.38 bits per heavy atom. The number of anilines is 2. The Morgan fingerprint density at radius 1 is 0.583 bits per heavy atom. The van der Waals surface area contributed by atoms with Gasteiger partial charge in [0.2, 0.25) is 0 Å². The van der Waals surface area contributed by atoms with Crippen LogP contribution < -0.4 is 10.6 Å². The smallest absolute Gasteiger partial charge is 0.191 e. The molecule has 0 radical (unpaired) electrons. The molecule has 2 aromatic carbocycles. The van der Waals surface area contributed by atoms with E-state index in [0.717, 1.165) is 49.3 Å². The van der Waals surface area contributed by atoms with Crippen molar-refractivity contribution < 1.29 is 57.7 Å². The van der Waals surface area contributed by atoms with E-state index in [4.69, 9.17) is 19.7 Å². The summed E-state index contributed by atoms with van der Waals surface area (Å²) in [5.74, 6) is -0.944. The van der Waals surface area contributed by atoms with Crippen molar-refractivity contribution in [3.8, 4) is 0 Å². The normalized spacial score (nSPS) is 27.6. The molecule has 0 aliphatic heterocycles. The summed E-state index contributed by atoms with van der Waals surface area (Å²) in [5, 5.41) is 85.1. The highest BCUT2D eigenvalue weighted by Crippen LogP contribution is 2.46. The van der Waals surface area contributed by atoms with Crippen LogP contribution in [0.25, 0.3) is 22.3 Å². The number of halogens is 4. The van der Waals surface area contributed by atoms with Gasteiger partial charge in [0.25, 0.3) is 0 Å². The first-order valence-corrected chi connectivity index (χ1v) is 25.9. The molecule has 6 aromatic rings. The van der Waals surface area contributed by atoms with E-state index in [-0.39, 0.29) is 63.2 Å². The van der Waals surface area contributed by atoms with E-state index in [1.54, 1.807) is 12.1 Å². The average molecular weight is 1050 g/mol. The van der Waals surface area contributed by atoms with Gasteiger partial charge in [-0.2, -0.15) is 0 Å². The van der Waals surface area contributed by atoms with Crippen LogP contribution in [0.15, 0.2) is 46.7 Å². The molecule has 388 valence electrons. The third-order valence-corrected chi connectivity index (χ3v) is 15.2. The van der Waals surface area contributed by atoms with Crippen molar-refractivity contribution in [1.29, 1.82) is 0 Å². The topological polar surface area (TPSA) is 277 Å². The number of nitrogens with zero attached hydrogens (tertiary/aromatic N) is 10. The van der Waals surface area contributed by atoms with Gasteiger partial charge in [-0.3, -0.25) is 0 Å². The van der Waals surface area contributed by atoms with E-state index in [9.17, 15) is 38.0 Å². The molecule has 0 spiro atoms. The molecule has 72 heavy (non-hydrogen) atoms. The lowest BCUT2D eigenvalue weighted by Gasteiger charge is -2.17. The van der Waals surface area contributed by atoms with Crippen molar-refractivity contribution in [2.24, 2.45) is 0 Å². The zero-order valence-electron chi connectivity index (χ0n) is 39.2. The van der Waals surface area contributed by atoms with Crippen LogP contribution in [0.1, 0.15) is 87.4 Å². The maximum atomic E-state index is 13.7. The Hall–Kier alpha value is -4.90. The molecule has 20 nitrogen and oxygen atoms in total. The number of hydrogen-bond acceptors (Lipinski definition) is 20. The molecule has 0 saturated heterocycles. The van der Waals surface area contributed by atoms with Crippen LogP contribution >= 0.6 is 23.5 Å². The zero-order valence-corrected chi connectivity index (χ0v) is 40.8. The number of rotatable bonds is 20. The molecule has 10 rings (SSSR count). The summed E-state index contributed by atoms with van der Waals surface area (Å²) in [4.78, 5) is 18.5. The zero-order chi connectivity index (χ0) is 50.8. The summed E-state index contributed by atoms with van der Waals surface area (Å²) in [6.07, 6.45) is -2.08. The number of aliphatic hydroxyl groups excluding tert-OH is 6. The third-order valence-electron chi connectivity index (χ3n) is 13.1. The lowest BCUT2D eigenvalue weighted by Crippen LogP contribution is -2.33. The minimum absolute atomic E-state index is 0.00291. The molecular formula is C46H56F4N12O8S2. The first kappa shape index (κ1) is 52.0. The molecule has 4 aromatic heterocycles. The van der Waals surface area contributed by atoms with Gasteiger partial charge in [-0.15, -0.1) is 10.2 Å². The van der Waals surface area contributed by atoms with E-state index in [0.29, 0.717) is 55.4 Å². The van der Waals surface area contributed by atoms with Crippen molar-refractivity contribution in [3.05, 3.63) is 70.8 Å². The molecule has 4 fully saturated rings. The van der Waals surface area contributed by atoms with Crippen LogP contribution in [0.4, 0.5) is 29.2 Å². The lowest BCUT2D eigenvalue weighted by atomic mass is 10.1. The van der Waals surface area contributed by atoms with Crippen LogP contribution in [-0.4, -0.2) is 167 Å². The first-order valence-electron chi connectivity index (χ1n) is 23.9. The molecule has 4 saturated carbocycles. The summed E-state index contributed by atoms with van der Waals surface area (Å²) in [6.45, 7) is 3.82. The first-order chi connectivity index (χ1) is 34.8. The van der Waals surface area contributed by atoms with E-state index in [2.05, 4.69) is 65.0 Å². The van der Waals surface area contributed by atoms with Crippen LogP contribution in [-0.2, 0) is 9.47 Å². The fraction of sp³-hybridized carbons (Fsp3) is 0.565. The van der Waals surface area contributed by atoms with Crippen molar-refractivity contribution in [1.82, 2.24) is 49.9 Å².